The van der Waals surface area contributed by atoms with Crippen molar-refractivity contribution >= 4 is 5.91 Å². The number of aliphatic hydroxyl groups excluding tert-OH is 2. The Bertz CT molecular complexity index is 520. The van der Waals surface area contributed by atoms with Gasteiger partial charge in [0.1, 0.15) is 24.4 Å². The molecule has 10 heteroatoms. The van der Waals surface area contributed by atoms with Crippen molar-refractivity contribution in [1.82, 2.24) is 5.32 Å². The fourth-order valence-corrected chi connectivity index (χ4v) is 3.41. The van der Waals surface area contributed by atoms with Crippen molar-refractivity contribution < 1.29 is 42.4 Å². The van der Waals surface area contributed by atoms with Gasteiger partial charge in [0.15, 0.2) is 6.29 Å². The lowest BCUT2D eigenvalue weighted by Gasteiger charge is -2.44. The van der Waals surface area contributed by atoms with Crippen LogP contribution >= 0.6 is 0 Å². The normalized spacial score (nSPS) is 26.6. The zero-order valence-electron chi connectivity index (χ0n) is 18.1. The lowest BCUT2D eigenvalue weighted by Crippen LogP contribution is -2.66. The molecule has 0 saturated carbocycles. The molecule has 0 aromatic heterocycles. The smallest absolute Gasteiger partial charge is 0.394 e. The Kier molecular flexibility index (Phi) is 13.3. The van der Waals surface area contributed by atoms with Crippen LogP contribution < -0.4 is 5.32 Å². The Morgan fingerprint density at radius 3 is 2.29 bits per heavy atom. The van der Waals surface area contributed by atoms with E-state index >= 15 is 0 Å². The van der Waals surface area contributed by atoms with Crippen LogP contribution in [-0.2, 0) is 19.0 Å². The highest BCUT2D eigenvalue weighted by atomic mass is 19.4. The van der Waals surface area contributed by atoms with Gasteiger partial charge in [0, 0.05) is 6.61 Å². The van der Waals surface area contributed by atoms with Gasteiger partial charge in [-0.15, -0.1) is 6.58 Å². The topological polar surface area (TPSA) is 97.2 Å². The molecule has 0 bridgehead atoms. The van der Waals surface area contributed by atoms with Crippen molar-refractivity contribution in [2.75, 3.05) is 19.8 Å². The molecule has 182 valence electrons. The van der Waals surface area contributed by atoms with Gasteiger partial charge >= 0.3 is 12.1 Å². The van der Waals surface area contributed by atoms with Crippen LogP contribution in [0.4, 0.5) is 13.2 Å². The number of hydrogen-bond donors (Lipinski definition) is 3. The molecule has 1 amide bonds. The maximum atomic E-state index is 12.8. The fourth-order valence-electron chi connectivity index (χ4n) is 3.41. The average molecular weight is 456 g/mol. The first-order valence-electron chi connectivity index (χ1n) is 10.9. The van der Waals surface area contributed by atoms with Crippen molar-refractivity contribution in [3.63, 3.8) is 0 Å². The third kappa shape index (κ3) is 9.86. The molecule has 0 spiro atoms. The zero-order valence-corrected chi connectivity index (χ0v) is 18.1. The second kappa shape index (κ2) is 14.8. The number of amides is 1. The SMILES string of the molecule is C=CCO[C@H]1OC(CO)[C@@H](O)C(OCCCCCCCCCC)[C@H]1NC(=O)C(F)(F)F. The molecule has 31 heavy (non-hydrogen) atoms. The number of halogens is 3. The summed E-state index contributed by atoms with van der Waals surface area (Å²) >= 11 is 0. The van der Waals surface area contributed by atoms with E-state index in [1.807, 2.05) is 5.32 Å². The summed E-state index contributed by atoms with van der Waals surface area (Å²) in [5.41, 5.74) is 0. The summed E-state index contributed by atoms with van der Waals surface area (Å²) in [5, 5.41) is 21.7. The summed E-state index contributed by atoms with van der Waals surface area (Å²) in [6.07, 6.45) is -0.498. The number of unbranched alkanes of at least 4 members (excludes halogenated alkanes) is 7. The van der Waals surface area contributed by atoms with E-state index in [1.165, 1.54) is 31.8 Å². The third-order valence-electron chi connectivity index (χ3n) is 5.10. The number of alkyl halides is 3. The van der Waals surface area contributed by atoms with Gasteiger partial charge < -0.3 is 29.7 Å². The van der Waals surface area contributed by atoms with E-state index in [4.69, 9.17) is 14.2 Å². The zero-order chi connectivity index (χ0) is 23.3. The molecule has 1 saturated heterocycles. The summed E-state index contributed by atoms with van der Waals surface area (Å²) in [4.78, 5) is 11.5. The van der Waals surface area contributed by atoms with Crippen LogP contribution in [0.3, 0.4) is 0 Å². The van der Waals surface area contributed by atoms with Crippen molar-refractivity contribution in [1.29, 1.82) is 0 Å². The first kappa shape index (κ1) is 27.8. The van der Waals surface area contributed by atoms with Gasteiger partial charge in [0.25, 0.3) is 0 Å². The first-order valence-corrected chi connectivity index (χ1v) is 10.9. The number of rotatable bonds is 15. The van der Waals surface area contributed by atoms with Gasteiger partial charge in [-0.1, -0.05) is 57.9 Å². The van der Waals surface area contributed by atoms with Crippen LogP contribution in [0.2, 0.25) is 0 Å². The van der Waals surface area contributed by atoms with Crippen LogP contribution in [0.25, 0.3) is 0 Å². The molecule has 0 aromatic rings. The number of ether oxygens (including phenoxy) is 3. The molecule has 0 aromatic carbocycles. The molecule has 1 fully saturated rings. The predicted molar refractivity (Wildman–Crippen MR) is 108 cm³/mol. The molecular formula is C21H36F3NO6. The Balaban J connectivity index is 2.71. The molecule has 3 N–H and O–H groups in total. The molecule has 1 rings (SSSR count). The predicted octanol–water partition coefficient (Wildman–Crippen LogP) is 2.84. The van der Waals surface area contributed by atoms with Gasteiger partial charge in [-0.2, -0.15) is 13.2 Å². The van der Waals surface area contributed by atoms with E-state index in [2.05, 4.69) is 13.5 Å². The third-order valence-corrected chi connectivity index (χ3v) is 5.10. The van der Waals surface area contributed by atoms with Crippen molar-refractivity contribution in [3.05, 3.63) is 12.7 Å². The quantitative estimate of drug-likeness (QED) is 0.260. The molecule has 1 aliphatic heterocycles. The number of carbonyl (C=O) groups is 1. The van der Waals surface area contributed by atoms with Gasteiger partial charge in [0.2, 0.25) is 0 Å². The molecular weight excluding hydrogens is 419 g/mol. The van der Waals surface area contributed by atoms with Crippen LogP contribution in [0.5, 0.6) is 0 Å². The number of nitrogens with one attached hydrogen (secondary N) is 1. The van der Waals surface area contributed by atoms with Gasteiger partial charge in [-0.3, -0.25) is 4.79 Å². The fraction of sp³-hybridized carbons (Fsp3) is 0.857. The Morgan fingerprint density at radius 1 is 1.13 bits per heavy atom. The van der Waals surface area contributed by atoms with Crippen LogP contribution in [-0.4, -0.2) is 72.8 Å². The maximum absolute atomic E-state index is 12.8. The van der Waals surface area contributed by atoms with Gasteiger partial charge in [-0.25, -0.2) is 0 Å². The van der Waals surface area contributed by atoms with Gasteiger partial charge in [0.05, 0.1) is 13.2 Å². The number of carbonyl (C=O) groups excluding carboxylic acids is 1. The summed E-state index contributed by atoms with van der Waals surface area (Å²) in [6.45, 7) is 5.14. The average Bonchev–Trinajstić information content (AvgIpc) is 2.72. The highest BCUT2D eigenvalue weighted by Gasteiger charge is 2.50. The molecule has 5 atom stereocenters. The first-order chi connectivity index (χ1) is 14.8. The molecule has 1 heterocycles. The number of hydrogen-bond acceptors (Lipinski definition) is 6. The van der Waals surface area contributed by atoms with E-state index in [-0.39, 0.29) is 13.2 Å². The van der Waals surface area contributed by atoms with Crippen molar-refractivity contribution in [2.24, 2.45) is 0 Å². The molecule has 0 aliphatic carbocycles. The van der Waals surface area contributed by atoms with Crippen LogP contribution in [0, 0.1) is 0 Å². The second-order valence-corrected chi connectivity index (χ2v) is 7.65. The molecule has 1 aliphatic rings. The van der Waals surface area contributed by atoms with E-state index in [0.29, 0.717) is 6.42 Å². The Hall–Kier alpha value is -1.20. The number of aliphatic hydroxyl groups is 2. The van der Waals surface area contributed by atoms with E-state index in [0.717, 1.165) is 19.3 Å². The highest BCUT2D eigenvalue weighted by molar-refractivity contribution is 5.82. The highest BCUT2D eigenvalue weighted by Crippen LogP contribution is 2.26. The Morgan fingerprint density at radius 2 is 1.74 bits per heavy atom. The second-order valence-electron chi connectivity index (χ2n) is 7.65. The molecule has 2 unspecified atom stereocenters. The Labute approximate surface area is 181 Å². The minimum absolute atomic E-state index is 0.0674. The summed E-state index contributed by atoms with van der Waals surface area (Å²) < 4.78 is 54.8. The standard InChI is InChI=1S/C21H36F3NO6/c1-3-5-6-7-8-9-10-11-13-29-18-16(25-20(28)21(22,23)24)19(30-12-4-2)31-15(14-26)17(18)27/h4,15-19,26-27H,2-3,5-14H2,1H3,(H,25,28)/t15?,16-,17-,18?,19+/m1/s1. The van der Waals surface area contributed by atoms with Gasteiger partial charge in [-0.05, 0) is 6.42 Å². The van der Waals surface area contributed by atoms with Crippen LogP contribution in [0.15, 0.2) is 12.7 Å². The maximum Gasteiger partial charge on any atom is 0.471 e. The van der Waals surface area contributed by atoms with E-state index < -0.39 is 49.3 Å². The largest absolute Gasteiger partial charge is 0.471 e. The van der Waals surface area contributed by atoms with Crippen LogP contribution in [0.1, 0.15) is 58.3 Å². The molecule has 0 radical (unpaired) electrons. The molecule has 7 nitrogen and oxygen atoms in total. The summed E-state index contributed by atoms with van der Waals surface area (Å²) in [6, 6.07) is -1.42. The monoisotopic (exact) mass is 455 g/mol. The minimum atomic E-state index is -5.12. The van der Waals surface area contributed by atoms with E-state index in [9.17, 15) is 28.2 Å². The summed E-state index contributed by atoms with van der Waals surface area (Å²) in [7, 11) is 0. The lowest BCUT2D eigenvalue weighted by molar-refractivity contribution is -0.276. The lowest BCUT2D eigenvalue weighted by atomic mass is 9.96. The van der Waals surface area contributed by atoms with E-state index in [1.54, 1.807) is 0 Å². The van der Waals surface area contributed by atoms with Crippen molar-refractivity contribution in [3.8, 4) is 0 Å². The minimum Gasteiger partial charge on any atom is -0.394 e. The van der Waals surface area contributed by atoms with Crippen molar-refractivity contribution in [2.45, 2.75) is 95.1 Å². The summed E-state index contributed by atoms with van der Waals surface area (Å²) in [5.74, 6) is -2.19.